The van der Waals surface area contributed by atoms with Gasteiger partial charge in [0.2, 0.25) is 0 Å². The maximum Gasteiger partial charge on any atom is 0.335 e. The van der Waals surface area contributed by atoms with Crippen LogP contribution in [0.25, 0.3) is 0 Å². The second-order valence-corrected chi connectivity index (χ2v) is 5.96. The zero-order chi connectivity index (χ0) is 20.8. The molecule has 0 amide bonds. The minimum atomic E-state index is -0.879. The number of aliphatic hydroxyl groups is 2. The van der Waals surface area contributed by atoms with Crippen molar-refractivity contribution < 1.29 is 30.0 Å². The molecule has 0 radical (unpaired) electrons. The highest BCUT2D eigenvalue weighted by Crippen LogP contribution is 2.10. The molecular formula is C21H28O6. The van der Waals surface area contributed by atoms with E-state index < -0.39 is 24.1 Å². The first-order chi connectivity index (χ1) is 12.7. The summed E-state index contributed by atoms with van der Waals surface area (Å²) in [7, 11) is 0. The molecule has 0 aromatic heterocycles. The van der Waals surface area contributed by atoms with Crippen LogP contribution in [0.3, 0.4) is 0 Å². The van der Waals surface area contributed by atoms with Crippen LogP contribution in [0.5, 0.6) is 0 Å². The molecular weight excluding hydrogens is 348 g/mol. The predicted molar refractivity (Wildman–Crippen MR) is 104 cm³/mol. The Morgan fingerprint density at radius 3 is 1.26 bits per heavy atom. The van der Waals surface area contributed by atoms with Crippen molar-refractivity contribution in [2.75, 3.05) is 0 Å². The number of carboxylic acids is 2. The van der Waals surface area contributed by atoms with E-state index in [1.807, 2.05) is 13.8 Å². The molecule has 3 unspecified atom stereocenters. The molecule has 3 atom stereocenters. The minimum Gasteiger partial charge on any atom is -0.478 e. The summed E-state index contributed by atoms with van der Waals surface area (Å²) >= 11 is 0. The number of carboxylic acid groups (broad SMARTS) is 2. The Kier molecular flexibility index (Phi) is 12.1. The molecule has 0 aliphatic heterocycles. The number of aliphatic hydroxyl groups excluding tert-OH is 2. The van der Waals surface area contributed by atoms with Crippen LogP contribution in [-0.4, -0.2) is 44.6 Å². The van der Waals surface area contributed by atoms with E-state index in [2.05, 4.69) is 0 Å². The van der Waals surface area contributed by atoms with Gasteiger partial charge in [0.15, 0.2) is 0 Å². The molecule has 0 aliphatic rings. The maximum absolute atomic E-state index is 10.2. The first kappa shape index (κ1) is 24.3. The summed E-state index contributed by atoms with van der Waals surface area (Å²) in [6.07, 6.45) is -0.249. The highest BCUT2D eigenvalue weighted by atomic mass is 16.4. The molecule has 27 heavy (non-hydrogen) atoms. The van der Waals surface area contributed by atoms with Gasteiger partial charge in [-0.2, -0.15) is 0 Å². The summed E-state index contributed by atoms with van der Waals surface area (Å²) in [5.74, 6) is -1.56. The van der Waals surface area contributed by atoms with E-state index in [1.54, 1.807) is 67.6 Å². The van der Waals surface area contributed by atoms with Crippen molar-refractivity contribution in [3.8, 4) is 0 Å². The van der Waals surface area contributed by atoms with E-state index in [0.29, 0.717) is 11.1 Å². The zero-order valence-electron chi connectivity index (χ0n) is 15.8. The summed E-state index contributed by atoms with van der Waals surface area (Å²) in [5.41, 5.74) is 0.662. The second-order valence-electron chi connectivity index (χ2n) is 5.96. The first-order valence-corrected chi connectivity index (χ1v) is 8.63. The Morgan fingerprint density at radius 1 is 0.778 bits per heavy atom. The van der Waals surface area contributed by atoms with Gasteiger partial charge in [0.05, 0.1) is 23.3 Å². The normalized spacial score (nSPS) is 12.9. The van der Waals surface area contributed by atoms with E-state index >= 15 is 0 Å². The standard InChI is InChI=1S/2C7H6O2.C7H16O2/c2*8-7(9)6-4-2-1-3-5-6;1-4-5(2)7(9)6(3)8/h2*1-5H,(H,8,9);5-9H,4H2,1-3H3. The molecule has 6 heteroatoms. The van der Waals surface area contributed by atoms with Crippen LogP contribution >= 0.6 is 0 Å². The molecule has 148 valence electrons. The van der Waals surface area contributed by atoms with Gasteiger partial charge in [-0.3, -0.25) is 0 Å². The van der Waals surface area contributed by atoms with Crippen LogP contribution in [0.2, 0.25) is 0 Å². The lowest BCUT2D eigenvalue weighted by Gasteiger charge is -2.19. The Balaban J connectivity index is 0.000000376. The van der Waals surface area contributed by atoms with Crippen molar-refractivity contribution in [1.29, 1.82) is 0 Å². The Bertz CT molecular complexity index is 605. The fourth-order valence-corrected chi connectivity index (χ4v) is 1.88. The monoisotopic (exact) mass is 376 g/mol. The Morgan fingerprint density at radius 2 is 1.11 bits per heavy atom. The van der Waals surface area contributed by atoms with Crippen molar-refractivity contribution in [2.24, 2.45) is 5.92 Å². The van der Waals surface area contributed by atoms with Crippen LogP contribution in [0.4, 0.5) is 0 Å². The summed E-state index contributed by atoms with van der Waals surface area (Å²) in [4.78, 5) is 20.4. The van der Waals surface area contributed by atoms with E-state index in [9.17, 15) is 9.59 Å². The first-order valence-electron chi connectivity index (χ1n) is 8.63. The molecule has 2 aromatic carbocycles. The van der Waals surface area contributed by atoms with Crippen LogP contribution in [-0.2, 0) is 0 Å². The van der Waals surface area contributed by atoms with Gasteiger partial charge >= 0.3 is 11.9 Å². The number of aromatic carboxylic acids is 2. The number of hydrogen-bond acceptors (Lipinski definition) is 4. The van der Waals surface area contributed by atoms with Gasteiger partial charge in [0.25, 0.3) is 0 Å². The molecule has 0 aliphatic carbocycles. The maximum atomic E-state index is 10.2. The Labute approximate surface area is 159 Å². The lowest BCUT2D eigenvalue weighted by atomic mass is 9.98. The number of carbonyl (C=O) groups is 2. The van der Waals surface area contributed by atoms with Crippen molar-refractivity contribution in [3.63, 3.8) is 0 Å². The fourth-order valence-electron chi connectivity index (χ4n) is 1.88. The van der Waals surface area contributed by atoms with Gasteiger partial charge in [0, 0.05) is 0 Å². The summed E-state index contributed by atoms with van der Waals surface area (Å²) in [5, 5.41) is 34.8. The van der Waals surface area contributed by atoms with E-state index in [0.717, 1.165) is 6.42 Å². The van der Waals surface area contributed by atoms with Crippen LogP contribution < -0.4 is 0 Å². The van der Waals surface area contributed by atoms with Gasteiger partial charge < -0.3 is 20.4 Å². The van der Waals surface area contributed by atoms with Crippen molar-refractivity contribution in [2.45, 2.75) is 39.4 Å². The summed E-state index contributed by atoms with van der Waals surface area (Å²) in [6, 6.07) is 16.6. The van der Waals surface area contributed by atoms with Crippen LogP contribution in [0, 0.1) is 5.92 Å². The molecule has 0 fully saturated rings. The molecule has 0 spiro atoms. The van der Waals surface area contributed by atoms with Crippen LogP contribution in [0.1, 0.15) is 47.9 Å². The highest BCUT2D eigenvalue weighted by Gasteiger charge is 2.16. The molecule has 0 bridgehead atoms. The summed E-state index contributed by atoms with van der Waals surface area (Å²) < 4.78 is 0. The highest BCUT2D eigenvalue weighted by molar-refractivity contribution is 5.87. The van der Waals surface area contributed by atoms with E-state index in [-0.39, 0.29) is 5.92 Å². The average Bonchev–Trinajstić information content (AvgIpc) is 2.69. The average molecular weight is 376 g/mol. The fraction of sp³-hybridized carbons (Fsp3) is 0.333. The van der Waals surface area contributed by atoms with Crippen molar-refractivity contribution in [3.05, 3.63) is 71.8 Å². The molecule has 0 saturated carbocycles. The van der Waals surface area contributed by atoms with E-state index in [1.165, 1.54) is 0 Å². The number of benzene rings is 2. The van der Waals surface area contributed by atoms with Crippen molar-refractivity contribution in [1.82, 2.24) is 0 Å². The summed E-state index contributed by atoms with van der Waals surface area (Å²) in [6.45, 7) is 5.53. The lowest BCUT2D eigenvalue weighted by molar-refractivity contribution is -0.00307. The van der Waals surface area contributed by atoms with Crippen LogP contribution in [0.15, 0.2) is 60.7 Å². The molecule has 0 heterocycles. The smallest absolute Gasteiger partial charge is 0.335 e. The lowest BCUT2D eigenvalue weighted by Crippen LogP contribution is -2.29. The molecule has 2 rings (SSSR count). The third kappa shape index (κ3) is 10.8. The largest absolute Gasteiger partial charge is 0.478 e. The topological polar surface area (TPSA) is 115 Å². The molecule has 2 aromatic rings. The molecule has 0 saturated heterocycles. The van der Waals surface area contributed by atoms with Crippen molar-refractivity contribution >= 4 is 11.9 Å². The quantitative estimate of drug-likeness (QED) is 0.634. The number of hydrogen-bond donors (Lipinski definition) is 4. The second kappa shape index (κ2) is 13.5. The van der Waals surface area contributed by atoms with Gasteiger partial charge in [-0.15, -0.1) is 0 Å². The predicted octanol–water partition coefficient (Wildman–Crippen LogP) is 3.54. The van der Waals surface area contributed by atoms with Gasteiger partial charge in [-0.25, -0.2) is 9.59 Å². The third-order valence-electron chi connectivity index (χ3n) is 3.76. The number of rotatable bonds is 5. The van der Waals surface area contributed by atoms with E-state index in [4.69, 9.17) is 20.4 Å². The zero-order valence-corrected chi connectivity index (χ0v) is 15.8. The van der Waals surface area contributed by atoms with Gasteiger partial charge in [-0.1, -0.05) is 56.7 Å². The third-order valence-corrected chi connectivity index (χ3v) is 3.76. The molecule has 6 nitrogen and oxygen atoms in total. The Hall–Kier alpha value is -2.70. The van der Waals surface area contributed by atoms with Gasteiger partial charge in [-0.05, 0) is 37.1 Å². The molecule has 4 N–H and O–H groups in total. The SMILES string of the molecule is CCC(C)C(O)C(C)O.O=C(O)c1ccccc1.O=C(O)c1ccccc1. The van der Waals surface area contributed by atoms with Gasteiger partial charge in [0.1, 0.15) is 0 Å². The minimum absolute atomic E-state index is 0.199.